The molecule has 2 aliphatic heterocycles. The summed E-state index contributed by atoms with van der Waals surface area (Å²) in [6, 6.07) is 5.29. The van der Waals surface area contributed by atoms with Gasteiger partial charge in [-0.15, -0.1) is 11.6 Å². The number of piperazine rings is 1. The van der Waals surface area contributed by atoms with Crippen LogP contribution in [0.4, 0.5) is 13.2 Å². The molecular weight excluding hydrogens is 409 g/mol. The van der Waals surface area contributed by atoms with E-state index < -0.39 is 22.7 Å². The normalized spacial score (nSPS) is 26.5. The van der Waals surface area contributed by atoms with Crippen molar-refractivity contribution in [1.29, 1.82) is 0 Å². The van der Waals surface area contributed by atoms with Gasteiger partial charge in [0.05, 0.1) is 17.6 Å². The molecule has 2 N–H and O–H groups in total. The van der Waals surface area contributed by atoms with Crippen LogP contribution in [-0.4, -0.2) is 58.7 Å². The van der Waals surface area contributed by atoms with Crippen LogP contribution < -0.4 is 10.9 Å². The Morgan fingerprint density at radius 1 is 1.24 bits per heavy atom. The molecule has 29 heavy (non-hydrogen) atoms. The highest BCUT2D eigenvalue weighted by molar-refractivity contribution is 6.32. The SMILES string of the molecule is CCCC1(N2CCN(Cc3ccccc3C(F)(F)F)C(=O)C2)CNNC(=O)C1Cl. The molecule has 0 aliphatic carbocycles. The highest BCUT2D eigenvalue weighted by atomic mass is 35.5. The summed E-state index contributed by atoms with van der Waals surface area (Å²) in [6.07, 6.45) is -3.09. The van der Waals surface area contributed by atoms with Crippen molar-refractivity contribution >= 4 is 23.4 Å². The molecule has 1 aromatic rings. The minimum atomic E-state index is -4.47. The molecule has 6 nitrogen and oxygen atoms in total. The minimum Gasteiger partial charge on any atom is -0.336 e. The fraction of sp³-hybridized carbons (Fsp3) is 0.579. The second-order valence-corrected chi connectivity index (χ2v) is 7.89. The van der Waals surface area contributed by atoms with Crippen molar-refractivity contribution in [3.8, 4) is 0 Å². The number of alkyl halides is 4. The molecule has 0 bridgehead atoms. The van der Waals surface area contributed by atoms with E-state index in [1.165, 1.54) is 23.1 Å². The molecule has 160 valence electrons. The Morgan fingerprint density at radius 2 is 1.97 bits per heavy atom. The summed E-state index contributed by atoms with van der Waals surface area (Å²) in [4.78, 5) is 28.2. The molecular formula is C19H24ClF3N4O2. The summed E-state index contributed by atoms with van der Waals surface area (Å²) in [5, 5.41) is -0.825. The maximum Gasteiger partial charge on any atom is 0.416 e. The van der Waals surface area contributed by atoms with Gasteiger partial charge in [0, 0.05) is 26.2 Å². The zero-order chi connectivity index (χ0) is 21.2. The summed E-state index contributed by atoms with van der Waals surface area (Å²) in [7, 11) is 0. The molecule has 2 unspecified atom stereocenters. The van der Waals surface area contributed by atoms with E-state index in [4.69, 9.17) is 11.6 Å². The highest BCUT2D eigenvalue weighted by Gasteiger charge is 2.50. The van der Waals surface area contributed by atoms with Gasteiger partial charge in [0.15, 0.2) is 0 Å². The number of nitrogens with one attached hydrogen (secondary N) is 2. The molecule has 2 saturated heterocycles. The van der Waals surface area contributed by atoms with Gasteiger partial charge in [-0.3, -0.25) is 19.9 Å². The molecule has 2 amide bonds. The van der Waals surface area contributed by atoms with E-state index in [9.17, 15) is 22.8 Å². The van der Waals surface area contributed by atoms with E-state index >= 15 is 0 Å². The number of amides is 2. The maximum absolute atomic E-state index is 13.2. The third-order valence-corrected chi connectivity index (χ3v) is 6.23. The lowest BCUT2D eigenvalue weighted by molar-refractivity contribution is -0.145. The lowest BCUT2D eigenvalue weighted by Crippen LogP contribution is -2.72. The number of hydrazine groups is 1. The van der Waals surface area contributed by atoms with Crippen molar-refractivity contribution < 1.29 is 22.8 Å². The summed E-state index contributed by atoms with van der Waals surface area (Å²) < 4.78 is 39.7. The van der Waals surface area contributed by atoms with E-state index in [0.29, 0.717) is 19.5 Å². The Balaban J connectivity index is 1.76. The lowest BCUT2D eigenvalue weighted by atomic mass is 9.85. The van der Waals surface area contributed by atoms with Gasteiger partial charge in [-0.1, -0.05) is 31.5 Å². The number of hydrogen-bond donors (Lipinski definition) is 2. The second-order valence-electron chi connectivity index (χ2n) is 7.45. The molecule has 0 radical (unpaired) electrons. The number of rotatable bonds is 5. The molecule has 2 atom stereocenters. The van der Waals surface area contributed by atoms with Crippen LogP contribution in [0.2, 0.25) is 0 Å². The van der Waals surface area contributed by atoms with Crippen LogP contribution in [0.15, 0.2) is 24.3 Å². The number of hydrogen-bond acceptors (Lipinski definition) is 4. The Labute approximate surface area is 172 Å². The molecule has 2 heterocycles. The Kier molecular flexibility index (Phi) is 6.40. The number of halogens is 4. The first-order chi connectivity index (χ1) is 13.7. The van der Waals surface area contributed by atoms with Gasteiger partial charge in [-0.2, -0.15) is 13.2 Å². The van der Waals surface area contributed by atoms with Gasteiger partial charge in [0.25, 0.3) is 5.91 Å². The molecule has 2 aliphatic rings. The summed E-state index contributed by atoms with van der Waals surface area (Å²) >= 11 is 6.44. The average molecular weight is 433 g/mol. The maximum atomic E-state index is 13.2. The van der Waals surface area contributed by atoms with E-state index in [-0.39, 0.29) is 37.0 Å². The Bertz CT molecular complexity index is 772. The van der Waals surface area contributed by atoms with Crippen LogP contribution in [0.3, 0.4) is 0 Å². The topological polar surface area (TPSA) is 64.7 Å². The van der Waals surface area contributed by atoms with Gasteiger partial charge < -0.3 is 4.90 Å². The predicted molar refractivity (Wildman–Crippen MR) is 102 cm³/mol. The largest absolute Gasteiger partial charge is 0.416 e. The van der Waals surface area contributed by atoms with E-state index in [2.05, 4.69) is 10.9 Å². The lowest BCUT2D eigenvalue weighted by Gasteiger charge is -2.51. The number of benzene rings is 1. The zero-order valence-corrected chi connectivity index (χ0v) is 16.8. The number of carbonyl (C=O) groups excluding carboxylic acids is 2. The molecule has 3 rings (SSSR count). The van der Waals surface area contributed by atoms with Gasteiger partial charge in [-0.25, -0.2) is 5.43 Å². The first-order valence-electron chi connectivity index (χ1n) is 9.54. The summed E-state index contributed by atoms with van der Waals surface area (Å²) in [5.74, 6) is -0.626. The average Bonchev–Trinajstić information content (AvgIpc) is 2.67. The Morgan fingerprint density at radius 3 is 2.62 bits per heavy atom. The molecule has 1 aromatic carbocycles. The van der Waals surface area contributed by atoms with Crippen molar-refractivity contribution in [1.82, 2.24) is 20.7 Å². The van der Waals surface area contributed by atoms with Crippen LogP contribution in [0.5, 0.6) is 0 Å². The quantitative estimate of drug-likeness (QED) is 0.700. The Hall–Kier alpha value is -1.84. The highest BCUT2D eigenvalue weighted by Crippen LogP contribution is 2.34. The van der Waals surface area contributed by atoms with E-state index in [1.54, 1.807) is 0 Å². The van der Waals surface area contributed by atoms with Crippen molar-refractivity contribution in [2.45, 2.75) is 43.4 Å². The first kappa shape index (κ1) is 21.9. The molecule has 0 aromatic heterocycles. The standard InChI is InChI=1S/C19H24ClF3N4O2/c1-2-7-18(12-24-25-17(29)16(18)20)27-9-8-26(15(28)11-27)10-13-5-3-4-6-14(13)19(21,22)23/h3-6,16,24H,2,7-12H2,1H3,(H,25,29). The third-order valence-electron chi connectivity index (χ3n) is 5.62. The van der Waals surface area contributed by atoms with Crippen LogP contribution in [0.1, 0.15) is 30.9 Å². The fourth-order valence-electron chi connectivity index (χ4n) is 4.16. The molecule has 0 spiro atoms. The summed E-state index contributed by atoms with van der Waals surface area (Å²) in [6.45, 7) is 2.97. The van der Waals surface area contributed by atoms with Crippen molar-refractivity contribution in [3.63, 3.8) is 0 Å². The predicted octanol–water partition coefficient (Wildman–Crippen LogP) is 2.13. The van der Waals surface area contributed by atoms with Crippen molar-refractivity contribution in [2.75, 3.05) is 26.2 Å². The third kappa shape index (κ3) is 4.36. The van der Waals surface area contributed by atoms with E-state index in [1.807, 2.05) is 11.8 Å². The molecule has 10 heteroatoms. The molecule has 0 saturated carbocycles. The van der Waals surface area contributed by atoms with Crippen molar-refractivity contribution in [2.24, 2.45) is 0 Å². The monoisotopic (exact) mass is 432 g/mol. The van der Waals surface area contributed by atoms with Crippen LogP contribution in [0, 0.1) is 0 Å². The summed E-state index contributed by atoms with van der Waals surface area (Å²) in [5.41, 5.74) is 3.98. The van der Waals surface area contributed by atoms with Crippen LogP contribution in [0.25, 0.3) is 0 Å². The van der Waals surface area contributed by atoms with Gasteiger partial charge in [0.2, 0.25) is 5.91 Å². The first-order valence-corrected chi connectivity index (χ1v) is 9.97. The van der Waals surface area contributed by atoms with Gasteiger partial charge in [-0.05, 0) is 18.1 Å². The minimum absolute atomic E-state index is 0.00631. The number of nitrogens with zero attached hydrogens (tertiary/aromatic N) is 2. The fourth-order valence-corrected chi connectivity index (χ4v) is 4.53. The smallest absolute Gasteiger partial charge is 0.336 e. The van der Waals surface area contributed by atoms with Crippen LogP contribution >= 0.6 is 11.6 Å². The van der Waals surface area contributed by atoms with Gasteiger partial charge >= 0.3 is 6.18 Å². The van der Waals surface area contributed by atoms with E-state index in [0.717, 1.165) is 12.5 Å². The second kappa shape index (κ2) is 8.49. The van der Waals surface area contributed by atoms with Gasteiger partial charge in [0.1, 0.15) is 5.38 Å². The van der Waals surface area contributed by atoms with Crippen molar-refractivity contribution in [3.05, 3.63) is 35.4 Å². The zero-order valence-electron chi connectivity index (χ0n) is 16.1. The number of carbonyl (C=O) groups is 2. The van der Waals surface area contributed by atoms with Crippen LogP contribution in [-0.2, 0) is 22.3 Å². The molecule has 2 fully saturated rings.